The Morgan fingerprint density at radius 3 is 3.00 bits per heavy atom. The van der Waals surface area contributed by atoms with Crippen LogP contribution in [0, 0.1) is 0 Å². The van der Waals surface area contributed by atoms with Crippen molar-refractivity contribution in [1.29, 1.82) is 0 Å². The third kappa shape index (κ3) is 2.23. The molecule has 66 valence electrons. The van der Waals surface area contributed by atoms with Crippen molar-refractivity contribution in [2.75, 3.05) is 14.1 Å². The lowest BCUT2D eigenvalue weighted by Gasteiger charge is -2.16. The lowest BCUT2D eigenvalue weighted by molar-refractivity contribution is 0.495. The molecule has 0 amide bonds. The van der Waals surface area contributed by atoms with Gasteiger partial charge in [0.1, 0.15) is 0 Å². The van der Waals surface area contributed by atoms with E-state index in [2.05, 4.69) is 21.8 Å². The van der Waals surface area contributed by atoms with E-state index >= 15 is 0 Å². The summed E-state index contributed by atoms with van der Waals surface area (Å²) >= 11 is 1.69. The number of rotatable bonds is 2. The highest BCUT2D eigenvalue weighted by Crippen LogP contribution is 2.07. The van der Waals surface area contributed by atoms with Gasteiger partial charge in [0.05, 0.1) is 0 Å². The quantitative estimate of drug-likeness (QED) is 0.551. The number of aliphatic imine (C=N–C) groups is 1. The number of nitrogens with zero attached hydrogens (tertiary/aromatic N) is 2. The molecule has 0 fully saturated rings. The van der Waals surface area contributed by atoms with Gasteiger partial charge in [-0.1, -0.05) is 0 Å². The minimum atomic E-state index is 0.571. The smallest absolute Gasteiger partial charge is 0.191 e. The molecule has 12 heavy (non-hydrogen) atoms. The predicted octanol–water partition coefficient (Wildman–Crippen LogP) is 1.12. The molecular weight excluding hydrogens is 170 g/mol. The zero-order valence-corrected chi connectivity index (χ0v) is 8.14. The van der Waals surface area contributed by atoms with Crippen molar-refractivity contribution in [3.63, 3.8) is 0 Å². The topological polar surface area (TPSA) is 41.6 Å². The fraction of sp³-hybridized carbons (Fsp3) is 0.375. The molecular formula is C8H13N3S. The molecule has 0 aromatic carbocycles. The van der Waals surface area contributed by atoms with E-state index in [4.69, 9.17) is 5.73 Å². The van der Waals surface area contributed by atoms with Crippen LogP contribution >= 0.6 is 11.3 Å². The molecule has 0 atom stereocenters. The molecule has 1 rings (SSSR count). The Morgan fingerprint density at radius 2 is 2.50 bits per heavy atom. The first-order valence-electron chi connectivity index (χ1n) is 3.68. The van der Waals surface area contributed by atoms with Gasteiger partial charge in [0.25, 0.3) is 0 Å². The Balaban J connectivity index is 2.53. The van der Waals surface area contributed by atoms with E-state index in [-0.39, 0.29) is 0 Å². The number of hydrogen-bond donors (Lipinski definition) is 1. The summed E-state index contributed by atoms with van der Waals surface area (Å²) in [5.41, 5.74) is 6.88. The van der Waals surface area contributed by atoms with E-state index in [0.717, 1.165) is 6.54 Å². The molecule has 0 saturated carbocycles. The monoisotopic (exact) mass is 183 g/mol. The summed E-state index contributed by atoms with van der Waals surface area (Å²) in [4.78, 5) is 5.81. The average Bonchev–Trinajstić information content (AvgIpc) is 2.55. The molecule has 0 radical (unpaired) electrons. The molecule has 0 aliphatic rings. The molecule has 0 aliphatic carbocycles. The Labute approximate surface area is 76.5 Å². The zero-order chi connectivity index (χ0) is 8.97. The number of nitrogens with two attached hydrogens (primary N) is 1. The first kappa shape index (κ1) is 9.06. The van der Waals surface area contributed by atoms with Gasteiger partial charge in [0, 0.05) is 20.6 Å². The SMILES string of the molecule is CN=C(N)N(C)Cc1ccsc1. The van der Waals surface area contributed by atoms with E-state index in [1.54, 1.807) is 18.4 Å². The second-order valence-corrected chi connectivity index (χ2v) is 3.35. The zero-order valence-electron chi connectivity index (χ0n) is 7.32. The fourth-order valence-electron chi connectivity index (χ4n) is 0.908. The van der Waals surface area contributed by atoms with Crippen molar-refractivity contribution in [3.8, 4) is 0 Å². The summed E-state index contributed by atoms with van der Waals surface area (Å²) in [5, 5.41) is 4.17. The van der Waals surface area contributed by atoms with Gasteiger partial charge in [-0.25, -0.2) is 0 Å². The summed E-state index contributed by atoms with van der Waals surface area (Å²) in [6.07, 6.45) is 0. The van der Waals surface area contributed by atoms with Crippen LogP contribution in [0.15, 0.2) is 21.8 Å². The second kappa shape index (κ2) is 4.11. The van der Waals surface area contributed by atoms with E-state index in [0.29, 0.717) is 5.96 Å². The van der Waals surface area contributed by atoms with Crippen molar-refractivity contribution < 1.29 is 0 Å². The van der Waals surface area contributed by atoms with E-state index < -0.39 is 0 Å². The van der Waals surface area contributed by atoms with Gasteiger partial charge in [-0.05, 0) is 22.4 Å². The third-order valence-corrected chi connectivity index (χ3v) is 2.35. The van der Waals surface area contributed by atoms with Gasteiger partial charge in [-0.3, -0.25) is 4.99 Å². The third-order valence-electron chi connectivity index (χ3n) is 1.62. The lowest BCUT2D eigenvalue weighted by atomic mass is 10.3. The Morgan fingerprint density at radius 1 is 1.75 bits per heavy atom. The second-order valence-electron chi connectivity index (χ2n) is 2.57. The van der Waals surface area contributed by atoms with Gasteiger partial charge in [0.15, 0.2) is 5.96 Å². The minimum Gasteiger partial charge on any atom is -0.370 e. The van der Waals surface area contributed by atoms with E-state index in [9.17, 15) is 0 Å². The molecule has 1 aromatic heterocycles. The molecule has 4 heteroatoms. The predicted molar refractivity (Wildman–Crippen MR) is 53.3 cm³/mol. The number of thiophene rings is 1. The van der Waals surface area contributed by atoms with Crippen molar-refractivity contribution in [3.05, 3.63) is 22.4 Å². The number of hydrogen-bond acceptors (Lipinski definition) is 2. The van der Waals surface area contributed by atoms with Gasteiger partial charge in [-0.2, -0.15) is 11.3 Å². The van der Waals surface area contributed by atoms with Crippen LogP contribution in [0.4, 0.5) is 0 Å². The molecule has 0 bridgehead atoms. The molecule has 2 N–H and O–H groups in total. The van der Waals surface area contributed by atoms with Crippen LogP contribution in [0.25, 0.3) is 0 Å². The minimum absolute atomic E-state index is 0.571. The van der Waals surface area contributed by atoms with Crippen molar-refractivity contribution in [2.45, 2.75) is 6.54 Å². The van der Waals surface area contributed by atoms with Crippen molar-refractivity contribution >= 4 is 17.3 Å². The highest BCUT2D eigenvalue weighted by atomic mass is 32.1. The van der Waals surface area contributed by atoms with Crippen LogP contribution < -0.4 is 5.73 Å². The summed E-state index contributed by atoms with van der Waals surface area (Å²) in [5.74, 6) is 0.571. The maximum atomic E-state index is 5.61. The lowest BCUT2D eigenvalue weighted by Crippen LogP contribution is -2.33. The van der Waals surface area contributed by atoms with Gasteiger partial charge >= 0.3 is 0 Å². The summed E-state index contributed by atoms with van der Waals surface area (Å²) in [7, 11) is 3.62. The van der Waals surface area contributed by atoms with Gasteiger partial charge in [-0.15, -0.1) is 0 Å². The van der Waals surface area contributed by atoms with Crippen LogP contribution in [0.2, 0.25) is 0 Å². The van der Waals surface area contributed by atoms with Gasteiger partial charge in [0.2, 0.25) is 0 Å². The maximum Gasteiger partial charge on any atom is 0.191 e. The summed E-state index contributed by atoms with van der Waals surface area (Å²) in [6.45, 7) is 0.826. The Kier molecular flexibility index (Phi) is 3.10. The van der Waals surface area contributed by atoms with Crippen LogP contribution in [0.5, 0.6) is 0 Å². The standard InChI is InChI=1S/C8H13N3S/c1-10-8(9)11(2)5-7-3-4-12-6-7/h3-4,6H,5H2,1-2H3,(H2,9,10). The van der Waals surface area contributed by atoms with Gasteiger partial charge < -0.3 is 10.6 Å². The summed E-state index contributed by atoms with van der Waals surface area (Å²) < 4.78 is 0. The molecule has 1 aromatic rings. The largest absolute Gasteiger partial charge is 0.370 e. The molecule has 0 spiro atoms. The molecule has 0 aliphatic heterocycles. The first-order valence-corrected chi connectivity index (χ1v) is 4.62. The summed E-state index contributed by atoms with van der Waals surface area (Å²) in [6, 6.07) is 2.09. The van der Waals surface area contributed by atoms with Crippen LogP contribution in [-0.2, 0) is 6.54 Å². The molecule has 0 unspecified atom stereocenters. The Hall–Kier alpha value is -1.03. The van der Waals surface area contributed by atoms with E-state index in [1.807, 2.05) is 11.9 Å². The highest BCUT2D eigenvalue weighted by molar-refractivity contribution is 7.07. The first-order chi connectivity index (χ1) is 5.74. The average molecular weight is 183 g/mol. The van der Waals surface area contributed by atoms with Crippen LogP contribution in [0.1, 0.15) is 5.56 Å². The van der Waals surface area contributed by atoms with E-state index in [1.165, 1.54) is 5.56 Å². The van der Waals surface area contributed by atoms with Crippen LogP contribution in [-0.4, -0.2) is 25.0 Å². The fourth-order valence-corrected chi connectivity index (χ4v) is 1.57. The van der Waals surface area contributed by atoms with Crippen molar-refractivity contribution in [2.24, 2.45) is 10.7 Å². The highest BCUT2D eigenvalue weighted by Gasteiger charge is 2.01. The molecule has 3 nitrogen and oxygen atoms in total. The maximum absolute atomic E-state index is 5.61. The molecule has 0 saturated heterocycles. The Bertz CT molecular complexity index is 253. The van der Waals surface area contributed by atoms with Crippen LogP contribution in [0.3, 0.4) is 0 Å². The normalized spacial score (nSPS) is 11.7. The number of guanidine groups is 1. The van der Waals surface area contributed by atoms with Crippen molar-refractivity contribution in [1.82, 2.24) is 4.90 Å². The molecule has 1 heterocycles.